The van der Waals surface area contributed by atoms with Crippen LogP contribution in [0.15, 0.2) is 36.5 Å². The van der Waals surface area contributed by atoms with Crippen LogP contribution in [0.4, 0.5) is 4.39 Å². The predicted molar refractivity (Wildman–Crippen MR) is 83.0 cm³/mol. The minimum absolute atomic E-state index is 0.206. The number of benzene rings is 2. The van der Waals surface area contributed by atoms with Gasteiger partial charge < -0.3 is 4.98 Å². The molecule has 3 aromatic rings. The minimum atomic E-state index is -0.361. The summed E-state index contributed by atoms with van der Waals surface area (Å²) in [6.45, 7) is 0. The third kappa shape index (κ3) is 2.37. The van der Waals surface area contributed by atoms with Crippen LogP contribution in [-0.4, -0.2) is 4.98 Å². The Morgan fingerprint density at radius 2 is 1.95 bits per heavy atom. The normalized spacial score (nSPS) is 10.8. The van der Waals surface area contributed by atoms with Crippen molar-refractivity contribution < 1.29 is 4.39 Å². The molecule has 104 valence electrons. The molecule has 1 aromatic heterocycles. The van der Waals surface area contributed by atoms with Gasteiger partial charge in [-0.05, 0) is 35.4 Å². The van der Waals surface area contributed by atoms with Crippen LogP contribution < -0.4 is 0 Å². The number of fused-ring (bicyclic) bond motifs is 1. The highest BCUT2D eigenvalue weighted by Crippen LogP contribution is 2.36. The number of nitrogens with one attached hydrogen (secondary N) is 1. The summed E-state index contributed by atoms with van der Waals surface area (Å²) < 4.78 is 14.4. The highest BCUT2D eigenvalue weighted by molar-refractivity contribution is 6.42. The average Bonchev–Trinajstić information content (AvgIpc) is 2.86. The highest BCUT2D eigenvalue weighted by atomic mass is 35.5. The quantitative estimate of drug-likeness (QED) is 0.680. The Kier molecular flexibility index (Phi) is 3.59. The summed E-state index contributed by atoms with van der Waals surface area (Å²) in [4.78, 5) is 3.06. The third-order valence-corrected chi connectivity index (χ3v) is 4.09. The van der Waals surface area contributed by atoms with Gasteiger partial charge in [-0.25, -0.2) is 4.39 Å². The zero-order valence-electron chi connectivity index (χ0n) is 10.8. The molecule has 0 atom stereocenters. The molecule has 0 fully saturated rings. The molecule has 0 amide bonds. The van der Waals surface area contributed by atoms with Crippen LogP contribution >= 0.6 is 23.2 Å². The lowest BCUT2D eigenvalue weighted by Gasteiger charge is -2.08. The number of aromatic nitrogens is 1. The largest absolute Gasteiger partial charge is 0.361 e. The average molecular weight is 319 g/mol. The van der Waals surface area contributed by atoms with Gasteiger partial charge in [-0.3, -0.25) is 0 Å². The van der Waals surface area contributed by atoms with E-state index in [1.54, 1.807) is 30.5 Å². The van der Waals surface area contributed by atoms with Crippen LogP contribution in [0, 0.1) is 17.1 Å². The van der Waals surface area contributed by atoms with Gasteiger partial charge in [0.05, 0.1) is 22.5 Å². The first-order valence-corrected chi connectivity index (χ1v) is 6.98. The summed E-state index contributed by atoms with van der Waals surface area (Å²) in [6, 6.07) is 10.1. The molecule has 0 aliphatic carbocycles. The Hall–Kier alpha value is -2.02. The number of hydrogen-bond acceptors (Lipinski definition) is 1. The van der Waals surface area contributed by atoms with E-state index in [1.807, 2.05) is 0 Å². The number of halogens is 3. The molecule has 1 N–H and O–H groups in total. The van der Waals surface area contributed by atoms with Gasteiger partial charge in [-0.15, -0.1) is 0 Å². The van der Waals surface area contributed by atoms with Crippen LogP contribution in [0.5, 0.6) is 0 Å². The zero-order chi connectivity index (χ0) is 15.0. The summed E-state index contributed by atoms with van der Waals surface area (Å²) in [5.41, 5.74) is 2.60. The fourth-order valence-electron chi connectivity index (χ4n) is 2.43. The molecule has 0 unspecified atom stereocenters. The minimum Gasteiger partial charge on any atom is -0.361 e. The number of rotatable bonds is 2. The van der Waals surface area contributed by atoms with Crippen LogP contribution in [0.3, 0.4) is 0 Å². The van der Waals surface area contributed by atoms with Gasteiger partial charge in [-0.1, -0.05) is 29.3 Å². The third-order valence-electron chi connectivity index (χ3n) is 3.36. The molecule has 0 bridgehead atoms. The summed E-state index contributed by atoms with van der Waals surface area (Å²) in [7, 11) is 0. The molecule has 0 saturated heterocycles. The lowest BCUT2D eigenvalue weighted by atomic mass is 9.97. The maximum absolute atomic E-state index is 14.4. The monoisotopic (exact) mass is 318 g/mol. The molecular weight excluding hydrogens is 310 g/mol. The first kappa shape index (κ1) is 13.9. The van der Waals surface area contributed by atoms with Crippen LogP contribution in [0.2, 0.25) is 10.0 Å². The van der Waals surface area contributed by atoms with Crippen molar-refractivity contribution in [2.75, 3.05) is 0 Å². The number of aromatic amines is 1. The van der Waals surface area contributed by atoms with Gasteiger partial charge in [0, 0.05) is 22.7 Å². The van der Waals surface area contributed by atoms with Gasteiger partial charge in [0.25, 0.3) is 0 Å². The van der Waals surface area contributed by atoms with Crippen LogP contribution in [-0.2, 0) is 6.42 Å². The van der Waals surface area contributed by atoms with E-state index in [-0.39, 0.29) is 12.2 Å². The zero-order valence-corrected chi connectivity index (χ0v) is 12.3. The maximum atomic E-state index is 14.4. The Morgan fingerprint density at radius 3 is 2.67 bits per heavy atom. The summed E-state index contributed by atoms with van der Waals surface area (Å²) >= 11 is 11.9. The van der Waals surface area contributed by atoms with Crippen molar-refractivity contribution in [3.05, 3.63) is 58.0 Å². The maximum Gasteiger partial charge on any atom is 0.131 e. The molecule has 2 aromatic carbocycles. The predicted octanol–water partition coefficient (Wildman–Crippen LogP) is 5.35. The van der Waals surface area contributed by atoms with Gasteiger partial charge in [-0.2, -0.15) is 5.26 Å². The second kappa shape index (κ2) is 5.40. The molecule has 1 heterocycles. The van der Waals surface area contributed by atoms with Gasteiger partial charge in [0.15, 0.2) is 0 Å². The first-order chi connectivity index (χ1) is 10.1. The van der Waals surface area contributed by atoms with Crippen molar-refractivity contribution in [2.24, 2.45) is 0 Å². The molecule has 0 spiro atoms. The molecule has 21 heavy (non-hydrogen) atoms. The van der Waals surface area contributed by atoms with Crippen molar-refractivity contribution in [3.8, 4) is 17.2 Å². The summed E-state index contributed by atoms with van der Waals surface area (Å²) in [5.74, 6) is -0.361. The van der Waals surface area contributed by atoms with E-state index in [2.05, 4.69) is 11.1 Å². The van der Waals surface area contributed by atoms with E-state index < -0.39 is 0 Å². The highest BCUT2D eigenvalue weighted by Gasteiger charge is 2.15. The first-order valence-electron chi connectivity index (χ1n) is 6.22. The van der Waals surface area contributed by atoms with Gasteiger partial charge >= 0.3 is 0 Å². The topological polar surface area (TPSA) is 39.6 Å². The molecule has 0 aliphatic heterocycles. The number of hydrogen-bond donors (Lipinski definition) is 1. The Morgan fingerprint density at radius 1 is 1.14 bits per heavy atom. The van der Waals surface area contributed by atoms with Crippen molar-refractivity contribution >= 4 is 34.1 Å². The molecular formula is C16H9Cl2FN2. The number of H-pyrrole nitrogens is 1. The van der Waals surface area contributed by atoms with E-state index in [4.69, 9.17) is 28.5 Å². The van der Waals surface area contributed by atoms with E-state index in [1.165, 1.54) is 6.07 Å². The summed E-state index contributed by atoms with van der Waals surface area (Å²) in [5, 5.41) is 10.4. The fraction of sp³-hybridized carbons (Fsp3) is 0.0625. The van der Waals surface area contributed by atoms with Crippen molar-refractivity contribution in [1.82, 2.24) is 4.98 Å². The van der Waals surface area contributed by atoms with E-state index >= 15 is 0 Å². The Bertz CT molecular complexity index is 878. The number of nitriles is 1. The molecule has 3 rings (SSSR count). The number of nitrogens with zero attached hydrogens (tertiary/aromatic N) is 1. The van der Waals surface area contributed by atoms with Crippen molar-refractivity contribution in [3.63, 3.8) is 0 Å². The van der Waals surface area contributed by atoms with Gasteiger partial charge in [0.2, 0.25) is 0 Å². The Balaban J connectivity index is 2.34. The molecule has 0 radical (unpaired) electrons. The fourth-order valence-corrected chi connectivity index (χ4v) is 2.72. The van der Waals surface area contributed by atoms with Crippen molar-refractivity contribution in [1.29, 1.82) is 5.26 Å². The SMILES string of the molecule is N#CCc1c[nH]c2ccc(F)c(-c3ccc(Cl)c(Cl)c3)c12. The smallest absolute Gasteiger partial charge is 0.131 e. The second-order valence-electron chi connectivity index (χ2n) is 4.62. The van der Waals surface area contributed by atoms with Crippen LogP contribution in [0.1, 0.15) is 5.56 Å². The van der Waals surface area contributed by atoms with Gasteiger partial charge in [0.1, 0.15) is 5.82 Å². The van der Waals surface area contributed by atoms with E-state index in [0.717, 1.165) is 11.1 Å². The standard InChI is InChI=1S/C16H9Cl2FN2/c17-11-2-1-9(7-12(11)18)15-13(19)3-4-14-16(15)10(5-6-20)8-21-14/h1-4,7-8,21H,5H2. The molecule has 0 aliphatic rings. The van der Waals surface area contributed by atoms with Crippen LogP contribution in [0.25, 0.3) is 22.0 Å². The van der Waals surface area contributed by atoms with E-state index in [0.29, 0.717) is 26.6 Å². The second-order valence-corrected chi connectivity index (χ2v) is 5.44. The summed E-state index contributed by atoms with van der Waals surface area (Å²) in [6.07, 6.45) is 1.94. The lowest BCUT2D eigenvalue weighted by molar-refractivity contribution is 0.633. The molecule has 2 nitrogen and oxygen atoms in total. The van der Waals surface area contributed by atoms with E-state index in [9.17, 15) is 4.39 Å². The molecule has 5 heteroatoms. The van der Waals surface area contributed by atoms with Crippen molar-refractivity contribution in [2.45, 2.75) is 6.42 Å². The lowest BCUT2D eigenvalue weighted by Crippen LogP contribution is -1.89. The molecule has 0 saturated carbocycles. The Labute approximate surface area is 130 Å².